The molecular formula is C14H19ClF3N3O. The van der Waals surface area contributed by atoms with Crippen LogP contribution in [0.4, 0.5) is 13.2 Å². The van der Waals surface area contributed by atoms with Crippen LogP contribution >= 0.6 is 12.4 Å². The van der Waals surface area contributed by atoms with Gasteiger partial charge in [0.25, 0.3) is 5.91 Å². The van der Waals surface area contributed by atoms with Gasteiger partial charge in [0, 0.05) is 32.7 Å². The summed E-state index contributed by atoms with van der Waals surface area (Å²) in [6, 6.07) is 1.69. The normalized spacial score (nSPS) is 15.2. The summed E-state index contributed by atoms with van der Waals surface area (Å²) in [7, 11) is 0. The lowest BCUT2D eigenvalue weighted by Crippen LogP contribution is -2.44. The van der Waals surface area contributed by atoms with E-state index >= 15 is 0 Å². The topological polar surface area (TPSA) is 44.4 Å². The van der Waals surface area contributed by atoms with Crippen LogP contribution in [0.3, 0.4) is 0 Å². The van der Waals surface area contributed by atoms with E-state index in [-0.39, 0.29) is 12.4 Å². The molecule has 0 spiro atoms. The molecule has 124 valence electrons. The van der Waals surface area contributed by atoms with Gasteiger partial charge in [-0.05, 0) is 25.1 Å². The first-order valence-corrected chi connectivity index (χ1v) is 6.94. The lowest BCUT2D eigenvalue weighted by atomic mass is 10.2. The highest BCUT2D eigenvalue weighted by atomic mass is 35.5. The van der Waals surface area contributed by atoms with Gasteiger partial charge >= 0.3 is 0 Å². The summed E-state index contributed by atoms with van der Waals surface area (Å²) in [5, 5.41) is 5.76. The van der Waals surface area contributed by atoms with Crippen molar-refractivity contribution in [3.8, 4) is 0 Å². The molecule has 1 heterocycles. The van der Waals surface area contributed by atoms with E-state index in [0.29, 0.717) is 6.54 Å². The van der Waals surface area contributed by atoms with E-state index in [1.165, 1.54) is 0 Å². The molecule has 0 aliphatic carbocycles. The Kier molecular flexibility index (Phi) is 7.64. The maximum absolute atomic E-state index is 13.4. The minimum absolute atomic E-state index is 0. The number of nitrogens with one attached hydrogen (secondary N) is 2. The zero-order chi connectivity index (χ0) is 15.2. The van der Waals surface area contributed by atoms with E-state index in [1.54, 1.807) is 0 Å². The Morgan fingerprint density at radius 1 is 1.18 bits per heavy atom. The minimum Gasteiger partial charge on any atom is -0.352 e. The minimum atomic E-state index is -1.62. The Morgan fingerprint density at radius 3 is 2.55 bits per heavy atom. The number of rotatable bonds is 5. The molecule has 0 saturated carbocycles. The Labute approximate surface area is 133 Å². The molecule has 1 fully saturated rings. The maximum Gasteiger partial charge on any atom is 0.254 e. The average Bonchev–Trinajstić information content (AvgIpc) is 2.50. The zero-order valence-corrected chi connectivity index (χ0v) is 12.8. The van der Waals surface area contributed by atoms with Crippen molar-refractivity contribution < 1.29 is 18.0 Å². The third-order valence-corrected chi connectivity index (χ3v) is 3.43. The molecule has 2 rings (SSSR count). The van der Waals surface area contributed by atoms with Gasteiger partial charge in [-0.15, -0.1) is 12.4 Å². The van der Waals surface area contributed by atoms with Crippen LogP contribution in [0.25, 0.3) is 0 Å². The molecule has 0 bridgehead atoms. The first-order chi connectivity index (χ1) is 10.1. The van der Waals surface area contributed by atoms with Crippen molar-refractivity contribution in [3.63, 3.8) is 0 Å². The lowest BCUT2D eigenvalue weighted by Gasteiger charge is -2.27. The molecule has 1 saturated heterocycles. The van der Waals surface area contributed by atoms with Crippen molar-refractivity contribution in [2.45, 2.75) is 6.42 Å². The fourth-order valence-electron chi connectivity index (χ4n) is 2.24. The molecule has 1 aliphatic rings. The number of amides is 1. The summed E-state index contributed by atoms with van der Waals surface area (Å²) in [4.78, 5) is 14.0. The molecule has 0 unspecified atom stereocenters. The van der Waals surface area contributed by atoms with Crippen LogP contribution in [0.2, 0.25) is 0 Å². The highest BCUT2D eigenvalue weighted by Gasteiger charge is 2.18. The Morgan fingerprint density at radius 2 is 1.86 bits per heavy atom. The molecule has 1 aliphatic heterocycles. The fraction of sp³-hybridized carbons (Fsp3) is 0.500. The molecule has 1 amide bonds. The third kappa shape index (κ3) is 4.86. The Hall–Kier alpha value is -1.31. The van der Waals surface area contributed by atoms with Crippen LogP contribution in [-0.2, 0) is 0 Å². The second-order valence-corrected chi connectivity index (χ2v) is 4.92. The number of benzene rings is 1. The number of halogens is 4. The van der Waals surface area contributed by atoms with E-state index in [9.17, 15) is 18.0 Å². The van der Waals surface area contributed by atoms with Gasteiger partial charge in [0.05, 0.1) is 5.56 Å². The van der Waals surface area contributed by atoms with Crippen LogP contribution in [0, 0.1) is 17.5 Å². The van der Waals surface area contributed by atoms with Gasteiger partial charge in [0.2, 0.25) is 0 Å². The van der Waals surface area contributed by atoms with Crippen molar-refractivity contribution in [1.82, 2.24) is 15.5 Å². The predicted molar refractivity (Wildman–Crippen MR) is 79.8 cm³/mol. The van der Waals surface area contributed by atoms with E-state index in [4.69, 9.17) is 0 Å². The van der Waals surface area contributed by atoms with Crippen molar-refractivity contribution in [3.05, 3.63) is 35.1 Å². The van der Waals surface area contributed by atoms with E-state index < -0.39 is 28.9 Å². The van der Waals surface area contributed by atoms with Crippen molar-refractivity contribution >= 4 is 18.3 Å². The standard InChI is InChI=1S/C14H18F3N3O.ClH/c15-11-3-2-10(12(16)13(11)17)14(21)19-4-1-7-20-8-5-18-6-9-20;/h2-3,18H,1,4-9H2,(H,19,21);1H. The quantitative estimate of drug-likeness (QED) is 0.633. The van der Waals surface area contributed by atoms with E-state index in [2.05, 4.69) is 15.5 Å². The molecule has 1 aromatic rings. The molecule has 22 heavy (non-hydrogen) atoms. The van der Waals surface area contributed by atoms with Gasteiger partial charge < -0.3 is 15.5 Å². The summed E-state index contributed by atoms with van der Waals surface area (Å²) < 4.78 is 39.2. The number of carbonyl (C=O) groups is 1. The summed E-state index contributed by atoms with van der Waals surface area (Å²) >= 11 is 0. The number of nitrogens with zero attached hydrogens (tertiary/aromatic N) is 1. The first-order valence-electron chi connectivity index (χ1n) is 6.94. The van der Waals surface area contributed by atoms with Crippen LogP contribution in [0.5, 0.6) is 0 Å². The molecule has 2 N–H and O–H groups in total. The predicted octanol–water partition coefficient (Wildman–Crippen LogP) is 1.55. The van der Waals surface area contributed by atoms with Crippen LogP contribution in [0.1, 0.15) is 16.8 Å². The second-order valence-electron chi connectivity index (χ2n) is 4.92. The lowest BCUT2D eigenvalue weighted by molar-refractivity contribution is 0.0946. The molecule has 0 radical (unpaired) electrons. The molecule has 0 aromatic heterocycles. The molecule has 8 heteroatoms. The average molecular weight is 338 g/mol. The van der Waals surface area contributed by atoms with Gasteiger partial charge in [-0.1, -0.05) is 0 Å². The summed E-state index contributed by atoms with van der Waals surface area (Å²) in [6.45, 7) is 5.03. The Bertz CT molecular complexity index is 510. The highest BCUT2D eigenvalue weighted by Crippen LogP contribution is 2.14. The first kappa shape index (κ1) is 18.7. The summed E-state index contributed by atoms with van der Waals surface area (Å²) in [6.07, 6.45) is 0.719. The molecule has 1 aromatic carbocycles. The fourth-order valence-corrected chi connectivity index (χ4v) is 2.24. The van der Waals surface area contributed by atoms with Crippen molar-refractivity contribution in [1.29, 1.82) is 0 Å². The summed E-state index contributed by atoms with van der Waals surface area (Å²) in [5.74, 6) is -5.10. The smallest absolute Gasteiger partial charge is 0.254 e. The van der Waals surface area contributed by atoms with Gasteiger partial charge in [-0.2, -0.15) is 0 Å². The number of carbonyl (C=O) groups excluding carboxylic acids is 1. The SMILES string of the molecule is Cl.O=C(NCCCN1CCNCC1)c1ccc(F)c(F)c1F. The third-order valence-electron chi connectivity index (χ3n) is 3.43. The molecule has 0 atom stereocenters. The van der Waals surface area contributed by atoms with Crippen molar-refractivity contribution in [2.24, 2.45) is 0 Å². The number of hydrogen-bond donors (Lipinski definition) is 2. The number of hydrogen-bond acceptors (Lipinski definition) is 3. The number of piperazine rings is 1. The Balaban J connectivity index is 0.00000242. The monoisotopic (exact) mass is 337 g/mol. The van der Waals surface area contributed by atoms with E-state index in [1.807, 2.05) is 0 Å². The highest BCUT2D eigenvalue weighted by molar-refractivity contribution is 5.94. The largest absolute Gasteiger partial charge is 0.352 e. The van der Waals surface area contributed by atoms with Crippen LogP contribution in [-0.4, -0.2) is 50.1 Å². The van der Waals surface area contributed by atoms with Gasteiger partial charge in [0.1, 0.15) is 0 Å². The molecule has 4 nitrogen and oxygen atoms in total. The zero-order valence-electron chi connectivity index (χ0n) is 12.0. The van der Waals surface area contributed by atoms with Gasteiger partial charge in [0.15, 0.2) is 17.5 Å². The van der Waals surface area contributed by atoms with Gasteiger partial charge in [-0.25, -0.2) is 13.2 Å². The second kappa shape index (κ2) is 8.97. The van der Waals surface area contributed by atoms with Crippen molar-refractivity contribution in [2.75, 3.05) is 39.3 Å². The maximum atomic E-state index is 13.4. The van der Waals surface area contributed by atoms with E-state index in [0.717, 1.165) is 51.3 Å². The van der Waals surface area contributed by atoms with Crippen LogP contribution < -0.4 is 10.6 Å². The molecular weight excluding hydrogens is 319 g/mol. The summed E-state index contributed by atoms with van der Waals surface area (Å²) in [5.41, 5.74) is -0.476. The van der Waals surface area contributed by atoms with Gasteiger partial charge in [-0.3, -0.25) is 4.79 Å². The van der Waals surface area contributed by atoms with Crippen LogP contribution in [0.15, 0.2) is 12.1 Å².